The number of ether oxygens (including phenoxy) is 1. The number of rotatable bonds is 3. The number of hydrazine groups is 1. The van der Waals surface area contributed by atoms with E-state index in [1.54, 1.807) is 30.5 Å². The van der Waals surface area contributed by atoms with Crippen LogP contribution in [0.25, 0.3) is 0 Å². The first-order chi connectivity index (χ1) is 7.59. The predicted octanol–water partition coefficient (Wildman–Crippen LogP) is 2.00. The van der Waals surface area contributed by atoms with E-state index in [1.165, 1.54) is 0 Å². The Morgan fingerprint density at radius 3 is 2.62 bits per heavy atom. The number of carbonyl (C=O) groups is 1. The van der Waals surface area contributed by atoms with Crippen LogP contribution < -0.4 is 10.6 Å². The lowest BCUT2D eigenvalue weighted by molar-refractivity contribution is 0.155. The first-order valence-corrected chi connectivity index (χ1v) is 4.95. The third-order valence-corrected chi connectivity index (χ3v) is 1.62. The average molecular weight is 221 g/mol. The molecule has 0 atom stereocenters. The van der Waals surface area contributed by atoms with E-state index in [9.17, 15) is 4.79 Å². The Kier molecular flexibility index (Phi) is 4.47. The van der Waals surface area contributed by atoms with Crippen molar-refractivity contribution in [1.29, 1.82) is 0 Å². The summed E-state index contributed by atoms with van der Waals surface area (Å²) in [6.07, 6.45) is 0.842. The third-order valence-electron chi connectivity index (χ3n) is 1.62. The molecule has 1 rings (SSSR count). The molecule has 0 spiro atoms. The van der Waals surface area contributed by atoms with Crippen molar-refractivity contribution in [3.05, 3.63) is 30.3 Å². The number of nitrogens with two attached hydrogens (primary N) is 1. The number of hydrogen-bond donors (Lipinski definition) is 1. The zero-order valence-corrected chi connectivity index (χ0v) is 9.33. The fraction of sp³-hybridized carbons (Fsp3) is 0.273. The Labute approximate surface area is 94.5 Å². The van der Waals surface area contributed by atoms with Crippen LogP contribution in [0.15, 0.2) is 35.4 Å². The highest BCUT2D eigenvalue weighted by Gasteiger charge is 2.10. The van der Waals surface area contributed by atoms with Crippen LogP contribution in [0.1, 0.15) is 13.8 Å². The molecule has 0 fully saturated rings. The van der Waals surface area contributed by atoms with Crippen LogP contribution in [-0.4, -0.2) is 17.4 Å². The van der Waals surface area contributed by atoms with E-state index in [0.29, 0.717) is 10.9 Å². The van der Waals surface area contributed by atoms with Crippen molar-refractivity contribution >= 4 is 12.3 Å². The molecule has 5 nitrogen and oxygen atoms in total. The molecule has 0 saturated carbocycles. The Bertz CT molecular complexity index is 363. The number of carbonyl (C=O) groups excluding carboxylic acids is 1. The molecule has 1 aromatic carbocycles. The largest absolute Gasteiger partial charge is 0.451 e. The van der Waals surface area contributed by atoms with Crippen LogP contribution >= 0.6 is 0 Å². The second-order valence-corrected chi connectivity index (χ2v) is 3.53. The van der Waals surface area contributed by atoms with Gasteiger partial charge in [0.05, 0.1) is 0 Å². The molecule has 0 aromatic heterocycles. The van der Waals surface area contributed by atoms with E-state index < -0.39 is 6.09 Å². The minimum absolute atomic E-state index is 0.218. The zero-order valence-electron chi connectivity index (χ0n) is 9.33. The summed E-state index contributed by atoms with van der Waals surface area (Å²) in [5, 5.41) is 4.40. The summed E-state index contributed by atoms with van der Waals surface area (Å²) in [7, 11) is 0. The molecule has 2 N–H and O–H groups in total. The molecule has 5 heteroatoms. The SMILES string of the molecule is CC(C)/C=N/N(N)C(=O)Oc1ccccc1. The number of amides is 1. The van der Waals surface area contributed by atoms with Crippen molar-refractivity contribution in [3.8, 4) is 5.75 Å². The van der Waals surface area contributed by atoms with Crippen molar-refractivity contribution in [1.82, 2.24) is 5.12 Å². The van der Waals surface area contributed by atoms with Gasteiger partial charge in [0.15, 0.2) is 0 Å². The van der Waals surface area contributed by atoms with Gasteiger partial charge in [-0.1, -0.05) is 32.0 Å². The van der Waals surface area contributed by atoms with Crippen molar-refractivity contribution < 1.29 is 9.53 Å². The molecular formula is C11H15N3O2. The monoisotopic (exact) mass is 221 g/mol. The van der Waals surface area contributed by atoms with Gasteiger partial charge >= 0.3 is 6.09 Å². The van der Waals surface area contributed by atoms with Crippen LogP contribution in [0.3, 0.4) is 0 Å². The van der Waals surface area contributed by atoms with Gasteiger partial charge < -0.3 is 4.74 Å². The lowest BCUT2D eigenvalue weighted by Gasteiger charge is -2.10. The molecule has 86 valence electrons. The highest BCUT2D eigenvalue weighted by atomic mass is 16.6. The smallest absolute Gasteiger partial charge is 0.408 e. The van der Waals surface area contributed by atoms with E-state index in [0.717, 1.165) is 0 Å². The molecule has 1 aromatic rings. The average Bonchev–Trinajstić information content (AvgIpc) is 2.27. The quantitative estimate of drug-likeness (QED) is 0.367. The summed E-state index contributed by atoms with van der Waals surface area (Å²) in [4.78, 5) is 11.4. The normalized spacial score (nSPS) is 10.8. The zero-order chi connectivity index (χ0) is 12.0. The first kappa shape index (κ1) is 12.2. The molecule has 0 bridgehead atoms. The fourth-order valence-corrected chi connectivity index (χ4v) is 0.888. The van der Waals surface area contributed by atoms with Gasteiger partial charge in [-0.05, 0) is 18.1 Å². The van der Waals surface area contributed by atoms with Gasteiger partial charge in [-0.3, -0.25) is 0 Å². The lowest BCUT2D eigenvalue weighted by Crippen LogP contribution is -2.35. The molecule has 0 aliphatic carbocycles. The molecule has 0 aliphatic heterocycles. The molecule has 0 aliphatic rings. The molecule has 0 saturated heterocycles. The first-order valence-electron chi connectivity index (χ1n) is 4.95. The van der Waals surface area contributed by atoms with Crippen LogP contribution in [0.2, 0.25) is 0 Å². The number of para-hydroxylation sites is 1. The number of hydrogen-bond acceptors (Lipinski definition) is 4. The predicted molar refractivity (Wildman–Crippen MR) is 61.8 cm³/mol. The maximum absolute atomic E-state index is 11.4. The Morgan fingerprint density at radius 1 is 1.44 bits per heavy atom. The summed E-state index contributed by atoms with van der Waals surface area (Å²) < 4.78 is 4.96. The van der Waals surface area contributed by atoms with E-state index in [1.807, 2.05) is 19.9 Å². The maximum Gasteiger partial charge on any atom is 0.451 e. The van der Waals surface area contributed by atoms with Crippen molar-refractivity contribution in [2.75, 3.05) is 0 Å². The second-order valence-electron chi connectivity index (χ2n) is 3.53. The van der Waals surface area contributed by atoms with Gasteiger partial charge in [0.1, 0.15) is 5.75 Å². The highest BCUT2D eigenvalue weighted by molar-refractivity contribution is 5.71. The van der Waals surface area contributed by atoms with E-state index in [-0.39, 0.29) is 5.92 Å². The van der Waals surface area contributed by atoms with E-state index in [4.69, 9.17) is 10.6 Å². The van der Waals surface area contributed by atoms with Crippen molar-refractivity contribution in [2.45, 2.75) is 13.8 Å². The minimum atomic E-state index is -0.719. The molecule has 0 radical (unpaired) electrons. The van der Waals surface area contributed by atoms with Crippen LogP contribution in [0.5, 0.6) is 5.75 Å². The standard InChI is InChI=1S/C11H15N3O2/c1-9(2)8-13-14(12)11(15)16-10-6-4-3-5-7-10/h3-9H,12H2,1-2H3/b13-8+. The number of nitrogens with zero attached hydrogens (tertiary/aromatic N) is 2. The van der Waals surface area contributed by atoms with Gasteiger partial charge in [-0.15, -0.1) is 5.12 Å². The van der Waals surface area contributed by atoms with Gasteiger partial charge in [-0.25, -0.2) is 10.6 Å². The number of hydrazone groups is 1. The van der Waals surface area contributed by atoms with Crippen LogP contribution in [0, 0.1) is 5.92 Å². The topological polar surface area (TPSA) is 67.9 Å². The number of benzene rings is 1. The molecule has 0 heterocycles. The van der Waals surface area contributed by atoms with Crippen LogP contribution in [0.4, 0.5) is 4.79 Å². The van der Waals surface area contributed by atoms with Crippen molar-refractivity contribution in [3.63, 3.8) is 0 Å². The van der Waals surface area contributed by atoms with Gasteiger partial charge in [0, 0.05) is 6.21 Å². The third kappa shape index (κ3) is 4.10. The van der Waals surface area contributed by atoms with Gasteiger partial charge in [0.25, 0.3) is 0 Å². The molecule has 1 amide bonds. The summed E-state index contributed by atoms with van der Waals surface area (Å²) in [6.45, 7) is 3.86. The van der Waals surface area contributed by atoms with Crippen molar-refractivity contribution in [2.24, 2.45) is 16.9 Å². The summed E-state index contributed by atoms with van der Waals surface area (Å²) in [6, 6.07) is 8.69. The van der Waals surface area contributed by atoms with Gasteiger partial charge in [-0.2, -0.15) is 5.10 Å². The molecular weight excluding hydrogens is 206 g/mol. The van der Waals surface area contributed by atoms with E-state index >= 15 is 0 Å². The minimum Gasteiger partial charge on any atom is -0.408 e. The van der Waals surface area contributed by atoms with E-state index in [2.05, 4.69) is 5.10 Å². The highest BCUT2D eigenvalue weighted by Crippen LogP contribution is 2.09. The summed E-state index contributed by atoms with van der Waals surface area (Å²) in [5.74, 6) is 6.03. The fourth-order valence-electron chi connectivity index (χ4n) is 0.888. The molecule has 16 heavy (non-hydrogen) atoms. The second kappa shape index (κ2) is 5.87. The van der Waals surface area contributed by atoms with Gasteiger partial charge in [0.2, 0.25) is 0 Å². The summed E-state index contributed by atoms with van der Waals surface area (Å²) >= 11 is 0. The maximum atomic E-state index is 11.4. The Balaban J connectivity index is 2.53. The Morgan fingerprint density at radius 2 is 2.06 bits per heavy atom. The molecule has 0 unspecified atom stereocenters. The van der Waals surface area contributed by atoms with Crippen LogP contribution in [-0.2, 0) is 0 Å². The summed E-state index contributed by atoms with van der Waals surface area (Å²) in [5.41, 5.74) is 0. The Hall–Kier alpha value is -1.88. The lowest BCUT2D eigenvalue weighted by atomic mass is 10.3.